The second-order valence-corrected chi connectivity index (χ2v) is 8.15. The lowest BCUT2D eigenvalue weighted by Crippen LogP contribution is -2.31. The van der Waals surface area contributed by atoms with Crippen LogP contribution in [0.15, 0.2) is 72.8 Å². The largest absolute Gasteiger partial charge is 0.573 e. The number of fused-ring (bicyclic) bond motifs is 1. The first kappa shape index (κ1) is 23.1. The Kier molecular flexibility index (Phi) is 7.20. The van der Waals surface area contributed by atoms with E-state index >= 15 is 0 Å². The first-order valence-electron chi connectivity index (χ1n) is 10.9. The molecular formula is C26H27F3N2O2. The van der Waals surface area contributed by atoms with Crippen molar-refractivity contribution in [1.29, 1.82) is 0 Å². The molecule has 0 amide bonds. The lowest BCUT2D eigenvalue weighted by atomic mass is 10.0. The summed E-state index contributed by atoms with van der Waals surface area (Å²) in [6, 6.07) is 22.3. The van der Waals surface area contributed by atoms with E-state index in [2.05, 4.69) is 45.8 Å². The highest BCUT2D eigenvalue weighted by molar-refractivity contribution is 5.69. The average Bonchev–Trinajstić information content (AvgIpc) is 2.95. The number of anilines is 1. The van der Waals surface area contributed by atoms with E-state index in [4.69, 9.17) is 4.74 Å². The number of rotatable bonds is 7. The summed E-state index contributed by atoms with van der Waals surface area (Å²) < 4.78 is 47.1. The molecule has 3 aromatic carbocycles. The quantitative estimate of drug-likeness (QED) is 0.425. The van der Waals surface area contributed by atoms with E-state index < -0.39 is 6.36 Å². The Morgan fingerprint density at radius 2 is 1.61 bits per heavy atom. The minimum absolute atomic E-state index is 0.220. The van der Waals surface area contributed by atoms with Crippen molar-refractivity contribution in [3.63, 3.8) is 0 Å². The smallest absolute Gasteiger partial charge is 0.406 e. The maximum atomic E-state index is 12.4. The number of hydrogen-bond acceptors (Lipinski definition) is 4. The fourth-order valence-electron chi connectivity index (χ4n) is 3.99. The van der Waals surface area contributed by atoms with E-state index in [9.17, 15) is 13.2 Å². The minimum Gasteiger partial charge on any atom is -0.406 e. The lowest BCUT2D eigenvalue weighted by Gasteiger charge is -2.20. The molecule has 1 aliphatic rings. The fourth-order valence-corrected chi connectivity index (χ4v) is 3.99. The Bertz CT molecular complexity index is 1040. The van der Waals surface area contributed by atoms with E-state index in [-0.39, 0.29) is 5.75 Å². The number of halogens is 3. The van der Waals surface area contributed by atoms with Gasteiger partial charge in [-0.2, -0.15) is 0 Å². The first-order chi connectivity index (χ1) is 15.9. The molecule has 0 bridgehead atoms. The molecule has 1 aliphatic heterocycles. The van der Waals surface area contributed by atoms with Gasteiger partial charge < -0.3 is 14.4 Å². The van der Waals surface area contributed by atoms with Crippen molar-refractivity contribution in [2.24, 2.45) is 0 Å². The van der Waals surface area contributed by atoms with Crippen LogP contribution < -0.4 is 9.64 Å². The standard InChI is InChI=1S/C26H27F3N2O2/c1-30-13-14-31(15-16-32-19-20-5-3-2-4-6-20)18-23-17-22(9-12-25(23)30)21-7-10-24(11-8-21)33-26(27,28)29/h2-12,17H,13-16,18-19H2,1H3. The summed E-state index contributed by atoms with van der Waals surface area (Å²) in [7, 11) is 2.08. The van der Waals surface area contributed by atoms with Crippen LogP contribution in [0.5, 0.6) is 5.75 Å². The van der Waals surface area contributed by atoms with Crippen molar-refractivity contribution < 1.29 is 22.6 Å². The van der Waals surface area contributed by atoms with Gasteiger partial charge in [0.2, 0.25) is 0 Å². The second kappa shape index (κ2) is 10.3. The normalized spacial score (nSPS) is 14.6. The van der Waals surface area contributed by atoms with Crippen LogP contribution in [0.2, 0.25) is 0 Å². The molecule has 0 spiro atoms. The molecule has 0 aromatic heterocycles. The summed E-state index contributed by atoms with van der Waals surface area (Å²) >= 11 is 0. The Hall–Kier alpha value is -3.03. The summed E-state index contributed by atoms with van der Waals surface area (Å²) in [6.45, 7) is 4.70. The van der Waals surface area contributed by atoms with Crippen LogP contribution in [0.3, 0.4) is 0 Å². The van der Waals surface area contributed by atoms with E-state index in [1.807, 2.05) is 24.3 Å². The summed E-state index contributed by atoms with van der Waals surface area (Å²) in [5.41, 5.74) is 5.32. The molecule has 33 heavy (non-hydrogen) atoms. The Labute approximate surface area is 192 Å². The molecule has 0 N–H and O–H groups in total. The molecule has 0 radical (unpaired) electrons. The van der Waals surface area contributed by atoms with Crippen LogP contribution in [0.1, 0.15) is 11.1 Å². The van der Waals surface area contributed by atoms with Crippen molar-refractivity contribution in [3.8, 4) is 16.9 Å². The fraction of sp³-hybridized carbons (Fsp3) is 0.308. The van der Waals surface area contributed by atoms with Crippen LogP contribution in [-0.4, -0.2) is 44.6 Å². The van der Waals surface area contributed by atoms with E-state index in [0.29, 0.717) is 13.2 Å². The Morgan fingerprint density at radius 1 is 0.879 bits per heavy atom. The molecule has 4 rings (SSSR count). The lowest BCUT2D eigenvalue weighted by molar-refractivity contribution is -0.274. The van der Waals surface area contributed by atoms with Gasteiger partial charge in [0, 0.05) is 38.9 Å². The summed E-state index contributed by atoms with van der Waals surface area (Å²) in [4.78, 5) is 4.61. The molecule has 0 unspecified atom stereocenters. The average molecular weight is 457 g/mol. The molecular weight excluding hydrogens is 429 g/mol. The van der Waals surface area contributed by atoms with Gasteiger partial charge >= 0.3 is 6.36 Å². The summed E-state index contributed by atoms with van der Waals surface area (Å²) in [5, 5.41) is 0. The highest BCUT2D eigenvalue weighted by atomic mass is 19.4. The van der Waals surface area contributed by atoms with Gasteiger partial charge in [0.05, 0.1) is 13.2 Å². The Balaban J connectivity index is 1.41. The molecule has 7 heteroatoms. The molecule has 0 saturated heterocycles. The highest BCUT2D eigenvalue weighted by Crippen LogP contribution is 2.31. The third-order valence-corrected chi connectivity index (χ3v) is 5.72. The van der Waals surface area contributed by atoms with E-state index in [1.165, 1.54) is 23.4 Å². The molecule has 0 fully saturated rings. The molecule has 4 nitrogen and oxygen atoms in total. The molecule has 174 valence electrons. The number of alkyl halides is 3. The van der Waals surface area contributed by atoms with Crippen molar-refractivity contribution in [2.45, 2.75) is 19.5 Å². The molecule has 0 saturated carbocycles. The summed E-state index contributed by atoms with van der Waals surface area (Å²) in [5.74, 6) is -0.220. The van der Waals surface area contributed by atoms with Gasteiger partial charge in [-0.05, 0) is 46.5 Å². The number of ether oxygens (including phenoxy) is 2. The van der Waals surface area contributed by atoms with Crippen LogP contribution in [0.25, 0.3) is 11.1 Å². The Morgan fingerprint density at radius 3 is 2.33 bits per heavy atom. The van der Waals surface area contributed by atoms with Crippen molar-refractivity contribution in [2.75, 3.05) is 38.2 Å². The van der Waals surface area contributed by atoms with Gasteiger partial charge in [0.25, 0.3) is 0 Å². The maximum Gasteiger partial charge on any atom is 0.573 e. The zero-order chi connectivity index (χ0) is 23.3. The van der Waals surface area contributed by atoms with Gasteiger partial charge in [0.1, 0.15) is 5.75 Å². The van der Waals surface area contributed by atoms with Crippen LogP contribution in [-0.2, 0) is 17.9 Å². The van der Waals surface area contributed by atoms with E-state index in [1.54, 1.807) is 12.1 Å². The maximum absolute atomic E-state index is 12.4. The number of hydrogen-bond donors (Lipinski definition) is 0. The zero-order valence-corrected chi connectivity index (χ0v) is 18.5. The number of nitrogens with zero attached hydrogens (tertiary/aromatic N) is 2. The molecule has 3 aromatic rings. The highest BCUT2D eigenvalue weighted by Gasteiger charge is 2.31. The third-order valence-electron chi connectivity index (χ3n) is 5.72. The molecule has 0 atom stereocenters. The second-order valence-electron chi connectivity index (χ2n) is 8.15. The van der Waals surface area contributed by atoms with Crippen LogP contribution >= 0.6 is 0 Å². The summed E-state index contributed by atoms with van der Waals surface area (Å²) in [6.07, 6.45) is -4.69. The zero-order valence-electron chi connectivity index (χ0n) is 18.5. The van der Waals surface area contributed by atoms with Crippen LogP contribution in [0.4, 0.5) is 18.9 Å². The van der Waals surface area contributed by atoms with E-state index in [0.717, 1.165) is 42.9 Å². The minimum atomic E-state index is -4.69. The predicted molar refractivity (Wildman–Crippen MR) is 123 cm³/mol. The first-order valence-corrected chi connectivity index (χ1v) is 10.9. The van der Waals surface area contributed by atoms with Crippen molar-refractivity contribution >= 4 is 5.69 Å². The topological polar surface area (TPSA) is 24.9 Å². The number of likely N-dealkylation sites (N-methyl/N-ethyl adjacent to an activating group) is 1. The van der Waals surface area contributed by atoms with Crippen molar-refractivity contribution in [1.82, 2.24) is 4.90 Å². The third kappa shape index (κ3) is 6.49. The molecule has 1 heterocycles. The molecule has 0 aliphatic carbocycles. The van der Waals surface area contributed by atoms with Crippen molar-refractivity contribution in [3.05, 3.63) is 83.9 Å². The van der Waals surface area contributed by atoms with Gasteiger partial charge in [-0.25, -0.2) is 0 Å². The van der Waals surface area contributed by atoms with Gasteiger partial charge in [-0.15, -0.1) is 13.2 Å². The van der Waals surface area contributed by atoms with Gasteiger partial charge in [0.15, 0.2) is 0 Å². The predicted octanol–water partition coefficient (Wildman–Crippen LogP) is 5.72. The van der Waals surface area contributed by atoms with Crippen LogP contribution in [0, 0.1) is 0 Å². The number of benzene rings is 3. The van der Waals surface area contributed by atoms with Gasteiger partial charge in [-0.3, -0.25) is 4.90 Å². The van der Waals surface area contributed by atoms with Gasteiger partial charge in [-0.1, -0.05) is 48.5 Å². The SMILES string of the molecule is CN1CCN(CCOCc2ccccc2)Cc2cc(-c3ccc(OC(F)(F)F)cc3)ccc21. The monoisotopic (exact) mass is 456 g/mol.